The molecular formula is C18H39N5O2S. The van der Waals surface area contributed by atoms with Crippen LogP contribution in [0.25, 0.3) is 0 Å². The van der Waals surface area contributed by atoms with Crippen LogP contribution in [0.5, 0.6) is 0 Å². The molecule has 0 bridgehead atoms. The van der Waals surface area contributed by atoms with Crippen molar-refractivity contribution in [2.75, 3.05) is 63.9 Å². The number of guanidine groups is 1. The summed E-state index contributed by atoms with van der Waals surface area (Å²) in [5.74, 6) is 1.41. The van der Waals surface area contributed by atoms with E-state index in [0.29, 0.717) is 25.7 Å². The van der Waals surface area contributed by atoms with Crippen LogP contribution in [0.2, 0.25) is 0 Å². The van der Waals surface area contributed by atoms with Gasteiger partial charge in [-0.15, -0.1) is 0 Å². The second kappa shape index (κ2) is 12.5. The van der Waals surface area contributed by atoms with Crippen LogP contribution in [0.3, 0.4) is 0 Å². The van der Waals surface area contributed by atoms with Gasteiger partial charge in [0.25, 0.3) is 0 Å². The summed E-state index contributed by atoms with van der Waals surface area (Å²) in [6.45, 7) is 15.6. The van der Waals surface area contributed by atoms with E-state index in [2.05, 4.69) is 53.1 Å². The fraction of sp³-hybridized carbons (Fsp3) is 0.944. The third kappa shape index (κ3) is 9.73. The summed E-state index contributed by atoms with van der Waals surface area (Å²) in [5, 5.41) is 6.78. The monoisotopic (exact) mass is 389 g/mol. The summed E-state index contributed by atoms with van der Waals surface area (Å²) < 4.78 is 22.9. The Labute approximate surface area is 160 Å². The molecule has 1 aliphatic heterocycles. The molecule has 7 nitrogen and oxygen atoms in total. The first-order valence-electron chi connectivity index (χ1n) is 10.1. The highest BCUT2D eigenvalue weighted by Gasteiger charge is 2.20. The summed E-state index contributed by atoms with van der Waals surface area (Å²) in [7, 11) is -2.81. The molecule has 1 fully saturated rings. The van der Waals surface area contributed by atoms with E-state index in [1.165, 1.54) is 6.42 Å². The summed E-state index contributed by atoms with van der Waals surface area (Å²) in [5.41, 5.74) is 0. The van der Waals surface area contributed by atoms with E-state index in [4.69, 9.17) is 0 Å². The van der Waals surface area contributed by atoms with Crippen molar-refractivity contribution < 1.29 is 8.42 Å². The van der Waals surface area contributed by atoms with Gasteiger partial charge in [0, 0.05) is 32.2 Å². The van der Waals surface area contributed by atoms with Crippen molar-refractivity contribution in [1.29, 1.82) is 0 Å². The molecule has 0 aliphatic carbocycles. The van der Waals surface area contributed by atoms with Gasteiger partial charge in [-0.2, -0.15) is 0 Å². The minimum absolute atomic E-state index is 0.276. The van der Waals surface area contributed by atoms with E-state index < -0.39 is 9.84 Å². The first-order chi connectivity index (χ1) is 12.4. The molecule has 1 heterocycles. The molecule has 0 aromatic heterocycles. The topological polar surface area (TPSA) is 77.0 Å². The lowest BCUT2D eigenvalue weighted by Crippen LogP contribution is -2.44. The van der Waals surface area contributed by atoms with Gasteiger partial charge in [-0.1, -0.05) is 13.8 Å². The van der Waals surface area contributed by atoms with Crippen LogP contribution in [-0.2, 0) is 9.84 Å². The van der Waals surface area contributed by atoms with Crippen LogP contribution in [-0.4, -0.2) is 94.1 Å². The zero-order valence-electron chi connectivity index (χ0n) is 17.1. The van der Waals surface area contributed by atoms with Crippen molar-refractivity contribution in [2.24, 2.45) is 4.99 Å². The summed E-state index contributed by atoms with van der Waals surface area (Å²) in [6, 6.07) is 0.378. The predicted molar refractivity (Wildman–Crippen MR) is 111 cm³/mol. The maximum atomic E-state index is 11.5. The van der Waals surface area contributed by atoms with Crippen LogP contribution in [0.15, 0.2) is 4.99 Å². The number of nitrogens with one attached hydrogen (secondary N) is 2. The lowest BCUT2D eigenvalue weighted by atomic mass is 10.2. The second-order valence-corrected chi connectivity index (χ2v) is 9.27. The smallest absolute Gasteiger partial charge is 0.191 e. The third-order valence-corrected chi connectivity index (χ3v) is 6.47. The Balaban J connectivity index is 2.33. The van der Waals surface area contributed by atoms with Crippen molar-refractivity contribution in [2.45, 2.75) is 46.6 Å². The van der Waals surface area contributed by atoms with Gasteiger partial charge in [-0.25, -0.2) is 8.42 Å². The molecular weight excluding hydrogens is 350 g/mol. The van der Waals surface area contributed by atoms with Crippen molar-refractivity contribution in [3.63, 3.8) is 0 Å². The molecule has 0 saturated carbocycles. The molecule has 1 rings (SSSR count). The Hall–Kier alpha value is -0.860. The highest BCUT2D eigenvalue weighted by atomic mass is 32.2. The zero-order chi connectivity index (χ0) is 19.4. The molecule has 2 N–H and O–H groups in total. The van der Waals surface area contributed by atoms with Crippen molar-refractivity contribution >= 4 is 15.8 Å². The highest BCUT2D eigenvalue weighted by Crippen LogP contribution is 2.03. The molecule has 0 radical (unpaired) electrons. The predicted octanol–water partition coefficient (Wildman–Crippen LogP) is 0.782. The van der Waals surface area contributed by atoms with Crippen LogP contribution in [0.4, 0.5) is 0 Å². The van der Waals surface area contributed by atoms with Gasteiger partial charge >= 0.3 is 0 Å². The zero-order valence-corrected chi connectivity index (χ0v) is 17.9. The second-order valence-electron chi connectivity index (χ2n) is 6.97. The Morgan fingerprint density at radius 1 is 1.19 bits per heavy atom. The molecule has 0 aromatic carbocycles. The fourth-order valence-corrected chi connectivity index (χ4v) is 4.34. The van der Waals surface area contributed by atoms with Gasteiger partial charge in [-0.05, 0) is 46.3 Å². The SMILES string of the molecule is CCNC(=NCCN1CCS(=O)(=O)CC1)NC(C)CCCN(CC)CC. The molecule has 1 aliphatic rings. The number of nitrogens with zero attached hydrogens (tertiary/aromatic N) is 3. The number of hydrogen-bond donors (Lipinski definition) is 2. The minimum atomic E-state index is -2.81. The van der Waals surface area contributed by atoms with E-state index in [0.717, 1.165) is 45.1 Å². The summed E-state index contributed by atoms with van der Waals surface area (Å²) in [4.78, 5) is 9.28. The summed E-state index contributed by atoms with van der Waals surface area (Å²) in [6.07, 6.45) is 2.29. The summed E-state index contributed by atoms with van der Waals surface area (Å²) >= 11 is 0. The highest BCUT2D eigenvalue weighted by molar-refractivity contribution is 7.91. The number of hydrogen-bond acceptors (Lipinski definition) is 5. The molecule has 154 valence electrons. The van der Waals surface area contributed by atoms with Gasteiger partial charge in [0.2, 0.25) is 0 Å². The fourth-order valence-electron chi connectivity index (χ4n) is 3.06. The molecule has 0 spiro atoms. The maximum absolute atomic E-state index is 11.5. The maximum Gasteiger partial charge on any atom is 0.191 e. The van der Waals surface area contributed by atoms with Crippen molar-refractivity contribution in [3.05, 3.63) is 0 Å². The Morgan fingerprint density at radius 2 is 1.85 bits per heavy atom. The van der Waals surface area contributed by atoms with Crippen LogP contribution < -0.4 is 10.6 Å². The average molecular weight is 390 g/mol. The van der Waals surface area contributed by atoms with Crippen LogP contribution in [0.1, 0.15) is 40.5 Å². The third-order valence-electron chi connectivity index (χ3n) is 4.86. The lowest BCUT2D eigenvalue weighted by molar-refractivity contribution is 0.292. The molecule has 1 atom stereocenters. The van der Waals surface area contributed by atoms with E-state index in [-0.39, 0.29) is 11.5 Å². The first kappa shape index (κ1) is 23.2. The largest absolute Gasteiger partial charge is 0.357 e. The van der Waals surface area contributed by atoms with E-state index in [1.54, 1.807) is 0 Å². The van der Waals surface area contributed by atoms with Gasteiger partial charge in [0.15, 0.2) is 15.8 Å². The Kier molecular flexibility index (Phi) is 11.2. The first-order valence-corrected chi connectivity index (χ1v) is 11.9. The van der Waals surface area contributed by atoms with Gasteiger partial charge in [0.1, 0.15) is 0 Å². The quantitative estimate of drug-likeness (QED) is 0.402. The van der Waals surface area contributed by atoms with Crippen LogP contribution >= 0.6 is 0 Å². The van der Waals surface area contributed by atoms with Gasteiger partial charge in [-0.3, -0.25) is 9.89 Å². The number of aliphatic imine (C=N–C) groups is 1. The average Bonchev–Trinajstić information content (AvgIpc) is 2.60. The van der Waals surface area contributed by atoms with Crippen molar-refractivity contribution in [1.82, 2.24) is 20.4 Å². The standard InChI is InChI=1S/C18H39N5O2S/c1-5-19-18(21-17(4)9-8-11-22(6-2)7-3)20-10-12-23-13-15-26(24,25)16-14-23/h17H,5-16H2,1-4H3,(H2,19,20,21). The molecule has 0 amide bonds. The van der Waals surface area contributed by atoms with Gasteiger partial charge < -0.3 is 15.5 Å². The normalized spacial score (nSPS) is 19.5. The lowest BCUT2D eigenvalue weighted by Gasteiger charge is -2.26. The molecule has 0 aromatic rings. The molecule has 8 heteroatoms. The van der Waals surface area contributed by atoms with E-state index >= 15 is 0 Å². The van der Waals surface area contributed by atoms with Gasteiger partial charge in [0.05, 0.1) is 18.1 Å². The number of rotatable bonds is 11. The van der Waals surface area contributed by atoms with Crippen LogP contribution in [0, 0.1) is 0 Å². The molecule has 1 saturated heterocycles. The minimum Gasteiger partial charge on any atom is -0.357 e. The Bertz CT molecular complexity index is 492. The van der Waals surface area contributed by atoms with Crippen molar-refractivity contribution in [3.8, 4) is 0 Å². The Morgan fingerprint density at radius 3 is 2.42 bits per heavy atom. The number of sulfone groups is 1. The molecule has 26 heavy (non-hydrogen) atoms. The van der Waals surface area contributed by atoms with E-state index in [9.17, 15) is 8.42 Å². The van der Waals surface area contributed by atoms with E-state index in [1.807, 2.05) is 0 Å². The molecule has 1 unspecified atom stereocenters.